The monoisotopic (exact) mass is 184 g/mol. The van der Waals surface area contributed by atoms with Crippen molar-refractivity contribution in [2.24, 2.45) is 0 Å². The first-order valence-electron chi connectivity index (χ1n) is 5.27. The molecule has 1 N–H and O–H groups in total. The van der Waals surface area contributed by atoms with Crippen LogP contribution in [0.3, 0.4) is 0 Å². The summed E-state index contributed by atoms with van der Waals surface area (Å²) in [5.74, 6) is 0. The Morgan fingerprint density at radius 1 is 1.38 bits per heavy atom. The van der Waals surface area contributed by atoms with Crippen molar-refractivity contribution in [3.8, 4) is 0 Å². The molecular formula is C10H20N2O. The molecule has 0 bridgehead atoms. The standard InChI is InChI=1S/C10H20N2O/c1-11(2)8-6-10(13)9-4-3-5-12(9)7-8/h8-10,13H,3-7H2,1-2H3. The first kappa shape index (κ1) is 9.44. The molecular weight excluding hydrogens is 164 g/mol. The molecule has 2 rings (SSSR count). The smallest absolute Gasteiger partial charge is 0.0710 e. The highest BCUT2D eigenvalue weighted by Crippen LogP contribution is 2.28. The van der Waals surface area contributed by atoms with Crippen LogP contribution < -0.4 is 0 Å². The van der Waals surface area contributed by atoms with Crippen LogP contribution in [-0.4, -0.2) is 60.3 Å². The SMILES string of the molecule is CN(C)C1CC(O)C2CCCN2C1. The van der Waals surface area contributed by atoms with Crippen molar-refractivity contribution < 1.29 is 5.11 Å². The molecule has 0 aromatic heterocycles. The first-order chi connectivity index (χ1) is 6.18. The fourth-order valence-electron chi connectivity index (χ4n) is 2.67. The van der Waals surface area contributed by atoms with Gasteiger partial charge in [-0.15, -0.1) is 0 Å². The molecule has 3 atom stereocenters. The van der Waals surface area contributed by atoms with E-state index in [1.54, 1.807) is 0 Å². The van der Waals surface area contributed by atoms with Crippen LogP contribution in [0.5, 0.6) is 0 Å². The highest BCUT2D eigenvalue weighted by molar-refractivity contribution is 4.94. The molecule has 76 valence electrons. The summed E-state index contributed by atoms with van der Waals surface area (Å²) in [6.45, 7) is 2.33. The maximum Gasteiger partial charge on any atom is 0.0710 e. The molecule has 2 aliphatic heterocycles. The quantitative estimate of drug-likeness (QED) is 0.628. The number of piperidine rings is 1. The molecule has 13 heavy (non-hydrogen) atoms. The lowest BCUT2D eigenvalue weighted by molar-refractivity contribution is -0.00355. The van der Waals surface area contributed by atoms with Gasteiger partial charge in [0.1, 0.15) is 0 Å². The lowest BCUT2D eigenvalue weighted by Crippen LogP contribution is -2.53. The van der Waals surface area contributed by atoms with E-state index >= 15 is 0 Å². The summed E-state index contributed by atoms with van der Waals surface area (Å²) < 4.78 is 0. The van der Waals surface area contributed by atoms with Gasteiger partial charge in [0.2, 0.25) is 0 Å². The van der Waals surface area contributed by atoms with Crippen LogP contribution in [0.2, 0.25) is 0 Å². The fourth-order valence-corrected chi connectivity index (χ4v) is 2.67. The van der Waals surface area contributed by atoms with Gasteiger partial charge < -0.3 is 10.0 Å². The number of hydrogen-bond donors (Lipinski definition) is 1. The van der Waals surface area contributed by atoms with E-state index in [4.69, 9.17) is 0 Å². The van der Waals surface area contributed by atoms with Gasteiger partial charge in [-0.2, -0.15) is 0 Å². The second-order valence-electron chi connectivity index (χ2n) is 4.62. The third-order valence-electron chi connectivity index (χ3n) is 3.55. The lowest BCUT2D eigenvalue weighted by Gasteiger charge is -2.41. The highest BCUT2D eigenvalue weighted by Gasteiger charge is 2.38. The maximum atomic E-state index is 9.93. The molecule has 0 amide bonds. The molecule has 3 heteroatoms. The molecule has 0 saturated carbocycles. The lowest BCUT2D eigenvalue weighted by atomic mass is 9.95. The van der Waals surface area contributed by atoms with Crippen molar-refractivity contribution in [3.05, 3.63) is 0 Å². The predicted molar refractivity (Wildman–Crippen MR) is 52.7 cm³/mol. The van der Waals surface area contributed by atoms with Gasteiger partial charge in [-0.05, 0) is 39.9 Å². The number of nitrogens with zero attached hydrogens (tertiary/aromatic N) is 2. The van der Waals surface area contributed by atoms with Gasteiger partial charge in [0.25, 0.3) is 0 Å². The van der Waals surface area contributed by atoms with Gasteiger partial charge in [-0.25, -0.2) is 0 Å². The molecule has 2 saturated heterocycles. The summed E-state index contributed by atoms with van der Waals surface area (Å²) in [7, 11) is 4.21. The van der Waals surface area contributed by atoms with Crippen molar-refractivity contribution in [2.45, 2.75) is 37.5 Å². The van der Waals surface area contributed by atoms with E-state index < -0.39 is 0 Å². The van der Waals surface area contributed by atoms with Crippen LogP contribution in [0, 0.1) is 0 Å². The van der Waals surface area contributed by atoms with Crippen LogP contribution in [0.4, 0.5) is 0 Å². The average Bonchev–Trinajstić information content (AvgIpc) is 2.51. The number of likely N-dealkylation sites (N-methyl/N-ethyl adjacent to an activating group) is 1. The van der Waals surface area contributed by atoms with Crippen LogP contribution in [0.25, 0.3) is 0 Å². The molecule has 3 unspecified atom stereocenters. The molecule has 3 nitrogen and oxygen atoms in total. The minimum absolute atomic E-state index is 0.0938. The van der Waals surface area contributed by atoms with Crippen LogP contribution in [0.15, 0.2) is 0 Å². The Labute approximate surface area is 80.3 Å². The second-order valence-corrected chi connectivity index (χ2v) is 4.62. The van der Waals surface area contributed by atoms with Gasteiger partial charge in [-0.3, -0.25) is 4.90 Å². The van der Waals surface area contributed by atoms with Crippen molar-refractivity contribution in [1.29, 1.82) is 0 Å². The van der Waals surface area contributed by atoms with Gasteiger partial charge in [0.15, 0.2) is 0 Å². The second kappa shape index (κ2) is 3.56. The summed E-state index contributed by atoms with van der Waals surface area (Å²) in [5, 5.41) is 9.93. The van der Waals surface area contributed by atoms with E-state index in [1.807, 2.05) is 0 Å². The van der Waals surface area contributed by atoms with Crippen LogP contribution in [-0.2, 0) is 0 Å². The summed E-state index contributed by atoms with van der Waals surface area (Å²) in [5.41, 5.74) is 0. The Morgan fingerprint density at radius 3 is 2.85 bits per heavy atom. The Hall–Kier alpha value is -0.120. The van der Waals surface area contributed by atoms with Gasteiger partial charge in [0, 0.05) is 18.6 Å². The fraction of sp³-hybridized carbons (Fsp3) is 1.00. The van der Waals surface area contributed by atoms with E-state index in [2.05, 4.69) is 23.9 Å². The Bertz CT molecular complexity index is 184. The number of aliphatic hydroxyl groups excluding tert-OH is 1. The van der Waals surface area contributed by atoms with E-state index in [0.29, 0.717) is 12.1 Å². The zero-order valence-electron chi connectivity index (χ0n) is 8.61. The molecule has 0 spiro atoms. The largest absolute Gasteiger partial charge is 0.391 e. The number of rotatable bonds is 1. The molecule has 0 aromatic rings. The zero-order valence-corrected chi connectivity index (χ0v) is 8.61. The molecule has 2 heterocycles. The summed E-state index contributed by atoms with van der Waals surface area (Å²) in [4.78, 5) is 4.69. The number of fused-ring (bicyclic) bond motifs is 1. The summed E-state index contributed by atoms with van der Waals surface area (Å²) >= 11 is 0. The molecule has 0 aliphatic carbocycles. The van der Waals surface area contributed by atoms with Crippen molar-refractivity contribution in [1.82, 2.24) is 9.80 Å². The third-order valence-corrected chi connectivity index (χ3v) is 3.55. The number of hydrogen-bond acceptors (Lipinski definition) is 3. The van der Waals surface area contributed by atoms with Crippen molar-refractivity contribution in [2.75, 3.05) is 27.2 Å². The highest BCUT2D eigenvalue weighted by atomic mass is 16.3. The topological polar surface area (TPSA) is 26.7 Å². The van der Waals surface area contributed by atoms with Crippen LogP contribution >= 0.6 is 0 Å². The minimum atomic E-state index is -0.0938. The third kappa shape index (κ3) is 1.73. The first-order valence-corrected chi connectivity index (χ1v) is 5.27. The van der Waals surface area contributed by atoms with Crippen molar-refractivity contribution >= 4 is 0 Å². The van der Waals surface area contributed by atoms with E-state index in [1.165, 1.54) is 19.4 Å². The van der Waals surface area contributed by atoms with Gasteiger partial charge >= 0.3 is 0 Å². The number of aliphatic hydroxyl groups is 1. The minimum Gasteiger partial charge on any atom is -0.391 e. The predicted octanol–water partition coefficient (Wildman–Crippen LogP) is 0.146. The molecule has 0 radical (unpaired) electrons. The Morgan fingerprint density at radius 2 is 2.15 bits per heavy atom. The Balaban J connectivity index is 2.01. The summed E-state index contributed by atoms with van der Waals surface area (Å²) in [6, 6.07) is 1.01. The molecule has 2 aliphatic rings. The van der Waals surface area contributed by atoms with E-state index in [-0.39, 0.29) is 6.10 Å². The van der Waals surface area contributed by atoms with E-state index in [9.17, 15) is 5.11 Å². The van der Waals surface area contributed by atoms with Gasteiger partial charge in [0.05, 0.1) is 6.10 Å². The zero-order chi connectivity index (χ0) is 9.42. The normalized spacial score (nSPS) is 41.1. The molecule has 0 aromatic carbocycles. The average molecular weight is 184 g/mol. The van der Waals surface area contributed by atoms with Gasteiger partial charge in [-0.1, -0.05) is 0 Å². The summed E-state index contributed by atoms with van der Waals surface area (Å²) in [6.07, 6.45) is 3.32. The Kier molecular flexibility index (Phi) is 2.58. The van der Waals surface area contributed by atoms with Crippen molar-refractivity contribution in [3.63, 3.8) is 0 Å². The molecule has 2 fully saturated rings. The van der Waals surface area contributed by atoms with Crippen LogP contribution in [0.1, 0.15) is 19.3 Å². The van der Waals surface area contributed by atoms with E-state index in [0.717, 1.165) is 13.0 Å². The maximum absolute atomic E-state index is 9.93.